The van der Waals surface area contributed by atoms with E-state index in [1.165, 1.54) is 0 Å². The quantitative estimate of drug-likeness (QED) is 0.512. The van der Waals surface area contributed by atoms with E-state index in [-0.39, 0.29) is 18.4 Å². The molecule has 112 valence electrons. The normalized spacial score (nSPS) is 9.57. The van der Waals surface area contributed by atoms with E-state index in [1.54, 1.807) is 24.3 Å². The molecule has 1 aromatic carbocycles. The van der Waals surface area contributed by atoms with Gasteiger partial charge in [0.1, 0.15) is 0 Å². The molecule has 0 spiro atoms. The first kappa shape index (κ1) is 16.7. The molecule has 5 heteroatoms. The van der Waals surface area contributed by atoms with Crippen LogP contribution in [0.15, 0.2) is 24.3 Å². The molecule has 2 amide bonds. The zero-order valence-electron chi connectivity index (χ0n) is 11.9. The standard InChI is InChI=1S/C16H20N2O3/c17-15(20)6-1-3-11-18-16(21)14-9-7-13(8-10-14)5-2-4-12-19/h7-10,19H,1,3-4,6,11-12H2,(H2,17,20)(H,18,21). The summed E-state index contributed by atoms with van der Waals surface area (Å²) in [7, 11) is 0. The number of carbonyl (C=O) groups excluding carboxylic acids is 2. The van der Waals surface area contributed by atoms with E-state index in [9.17, 15) is 9.59 Å². The molecule has 0 saturated carbocycles. The third-order valence-corrected chi connectivity index (χ3v) is 2.75. The van der Waals surface area contributed by atoms with Crippen LogP contribution in [0, 0.1) is 11.8 Å². The van der Waals surface area contributed by atoms with Crippen molar-refractivity contribution in [2.45, 2.75) is 25.7 Å². The van der Waals surface area contributed by atoms with Crippen LogP contribution in [0.2, 0.25) is 0 Å². The molecule has 21 heavy (non-hydrogen) atoms. The minimum Gasteiger partial charge on any atom is -0.395 e. The molecule has 5 nitrogen and oxygen atoms in total. The second-order valence-electron chi connectivity index (χ2n) is 4.53. The van der Waals surface area contributed by atoms with Crippen molar-refractivity contribution in [1.82, 2.24) is 5.32 Å². The maximum absolute atomic E-state index is 11.8. The van der Waals surface area contributed by atoms with Gasteiger partial charge in [-0.2, -0.15) is 0 Å². The average Bonchev–Trinajstić information content (AvgIpc) is 2.47. The summed E-state index contributed by atoms with van der Waals surface area (Å²) in [6.45, 7) is 0.563. The fourth-order valence-corrected chi connectivity index (χ4v) is 1.65. The number of unbranched alkanes of at least 4 members (excludes halogenated alkanes) is 1. The van der Waals surface area contributed by atoms with Crippen molar-refractivity contribution < 1.29 is 14.7 Å². The van der Waals surface area contributed by atoms with E-state index in [0.717, 1.165) is 12.0 Å². The predicted octanol–water partition coefficient (Wildman–Crippen LogP) is 0.806. The van der Waals surface area contributed by atoms with Crippen LogP contribution >= 0.6 is 0 Å². The highest BCUT2D eigenvalue weighted by molar-refractivity contribution is 5.94. The van der Waals surface area contributed by atoms with Gasteiger partial charge < -0.3 is 16.2 Å². The molecule has 0 aliphatic rings. The molecule has 0 unspecified atom stereocenters. The van der Waals surface area contributed by atoms with E-state index >= 15 is 0 Å². The van der Waals surface area contributed by atoms with E-state index in [1.807, 2.05) is 0 Å². The Morgan fingerprint density at radius 3 is 2.52 bits per heavy atom. The van der Waals surface area contributed by atoms with Gasteiger partial charge >= 0.3 is 0 Å². The Morgan fingerprint density at radius 2 is 1.90 bits per heavy atom. The summed E-state index contributed by atoms with van der Waals surface area (Å²) in [5.41, 5.74) is 6.41. The zero-order valence-corrected chi connectivity index (χ0v) is 11.9. The number of aliphatic hydroxyl groups is 1. The smallest absolute Gasteiger partial charge is 0.251 e. The van der Waals surface area contributed by atoms with Crippen molar-refractivity contribution in [3.63, 3.8) is 0 Å². The van der Waals surface area contributed by atoms with Gasteiger partial charge in [-0.15, -0.1) is 0 Å². The molecular formula is C16H20N2O3. The maximum Gasteiger partial charge on any atom is 0.251 e. The van der Waals surface area contributed by atoms with Crippen molar-refractivity contribution >= 4 is 11.8 Å². The number of carbonyl (C=O) groups is 2. The summed E-state index contributed by atoms with van der Waals surface area (Å²) in [4.78, 5) is 22.4. The van der Waals surface area contributed by atoms with Crippen molar-refractivity contribution in [1.29, 1.82) is 0 Å². The lowest BCUT2D eigenvalue weighted by Gasteiger charge is -2.04. The number of hydrogen-bond donors (Lipinski definition) is 3. The first-order valence-corrected chi connectivity index (χ1v) is 6.90. The second-order valence-corrected chi connectivity index (χ2v) is 4.53. The fraction of sp³-hybridized carbons (Fsp3) is 0.375. The molecule has 0 atom stereocenters. The summed E-state index contributed by atoms with van der Waals surface area (Å²) in [5.74, 6) is 5.25. The summed E-state index contributed by atoms with van der Waals surface area (Å²) in [6, 6.07) is 6.96. The van der Waals surface area contributed by atoms with Gasteiger partial charge in [0.2, 0.25) is 5.91 Å². The molecule has 1 rings (SSSR count). The molecule has 0 bridgehead atoms. The molecule has 4 N–H and O–H groups in total. The number of nitrogens with two attached hydrogens (primary N) is 1. The number of amides is 2. The Bertz CT molecular complexity index is 527. The van der Waals surface area contributed by atoms with Crippen molar-refractivity contribution in [3.05, 3.63) is 35.4 Å². The highest BCUT2D eigenvalue weighted by atomic mass is 16.2. The van der Waals surface area contributed by atoms with Gasteiger partial charge in [-0.25, -0.2) is 0 Å². The van der Waals surface area contributed by atoms with Crippen LogP contribution in [0.3, 0.4) is 0 Å². The monoisotopic (exact) mass is 288 g/mol. The molecule has 0 radical (unpaired) electrons. The third-order valence-electron chi connectivity index (χ3n) is 2.75. The van der Waals surface area contributed by atoms with Gasteiger partial charge in [-0.3, -0.25) is 9.59 Å². The Kier molecular flexibility index (Phi) is 7.62. The lowest BCUT2D eigenvalue weighted by atomic mass is 10.1. The number of rotatable bonds is 7. The van der Waals surface area contributed by atoms with Crippen LogP contribution in [-0.2, 0) is 4.79 Å². The number of hydrogen-bond acceptors (Lipinski definition) is 3. The van der Waals surface area contributed by atoms with E-state index < -0.39 is 0 Å². The van der Waals surface area contributed by atoms with Crippen LogP contribution in [0.25, 0.3) is 0 Å². The molecular weight excluding hydrogens is 268 g/mol. The minimum absolute atomic E-state index is 0.0449. The first-order chi connectivity index (χ1) is 10.1. The Morgan fingerprint density at radius 1 is 1.19 bits per heavy atom. The van der Waals surface area contributed by atoms with E-state index in [4.69, 9.17) is 10.8 Å². The Balaban J connectivity index is 2.38. The average molecular weight is 288 g/mol. The largest absolute Gasteiger partial charge is 0.395 e. The molecule has 1 aromatic rings. The number of primary amides is 1. The van der Waals surface area contributed by atoms with Gasteiger partial charge in [0.15, 0.2) is 0 Å². The number of benzene rings is 1. The molecule has 0 saturated heterocycles. The fourth-order valence-electron chi connectivity index (χ4n) is 1.65. The van der Waals surface area contributed by atoms with E-state index in [2.05, 4.69) is 17.2 Å². The van der Waals surface area contributed by atoms with Crippen LogP contribution in [-0.4, -0.2) is 30.1 Å². The Labute approximate surface area is 124 Å². The van der Waals surface area contributed by atoms with Gasteiger partial charge in [0.25, 0.3) is 5.91 Å². The van der Waals surface area contributed by atoms with Crippen LogP contribution in [0.1, 0.15) is 41.6 Å². The molecule has 0 aliphatic heterocycles. The Hall–Kier alpha value is -2.32. The van der Waals surface area contributed by atoms with Gasteiger partial charge in [-0.1, -0.05) is 11.8 Å². The van der Waals surface area contributed by atoms with Gasteiger partial charge in [0.05, 0.1) is 6.61 Å². The maximum atomic E-state index is 11.8. The second kappa shape index (κ2) is 9.56. The van der Waals surface area contributed by atoms with Crippen molar-refractivity contribution in [3.8, 4) is 11.8 Å². The van der Waals surface area contributed by atoms with Crippen molar-refractivity contribution in [2.24, 2.45) is 5.73 Å². The highest BCUT2D eigenvalue weighted by Crippen LogP contribution is 2.03. The molecule has 0 fully saturated rings. The molecule has 0 heterocycles. The van der Waals surface area contributed by atoms with Gasteiger partial charge in [0, 0.05) is 30.5 Å². The highest BCUT2D eigenvalue weighted by Gasteiger charge is 2.04. The van der Waals surface area contributed by atoms with Crippen LogP contribution in [0.4, 0.5) is 0 Å². The summed E-state index contributed by atoms with van der Waals surface area (Å²) in [6.07, 6.45) is 2.18. The summed E-state index contributed by atoms with van der Waals surface area (Å²) < 4.78 is 0. The lowest BCUT2D eigenvalue weighted by Crippen LogP contribution is -2.24. The zero-order chi connectivity index (χ0) is 15.5. The third kappa shape index (κ3) is 7.14. The topological polar surface area (TPSA) is 92.4 Å². The molecule has 0 aromatic heterocycles. The van der Waals surface area contributed by atoms with E-state index in [0.29, 0.717) is 31.4 Å². The molecule has 0 aliphatic carbocycles. The first-order valence-electron chi connectivity index (χ1n) is 6.90. The summed E-state index contributed by atoms with van der Waals surface area (Å²) >= 11 is 0. The minimum atomic E-state index is -0.320. The predicted molar refractivity (Wildman–Crippen MR) is 80.4 cm³/mol. The number of aliphatic hydroxyl groups excluding tert-OH is 1. The van der Waals surface area contributed by atoms with Crippen LogP contribution < -0.4 is 11.1 Å². The summed E-state index contributed by atoms with van der Waals surface area (Å²) in [5, 5.41) is 11.4. The van der Waals surface area contributed by atoms with Gasteiger partial charge in [-0.05, 0) is 37.1 Å². The number of nitrogens with one attached hydrogen (secondary N) is 1. The SMILES string of the molecule is NC(=O)CCCCNC(=O)c1ccc(C#CCCO)cc1. The van der Waals surface area contributed by atoms with Crippen LogP contribution in [0.5, 0.6) is 0 Å². The van der Waals surface area contributed by atoms with Crippen molar-refractivity contribution in [2.75, 3.05) is 13.2 Å². The lowest BCUT2D eigenvalue weighted by molar-refractivity contribution is -0.118.